The van der Waals surface area contributed by atoms with Crippen LogP contribution in [0.5, 0.6) is 0 Å². The molecule has 0 aliphatic carbocycles. The van der Waals surface area contributed by atoms with Crippen molar-refractivity contribution in [2.24, 2.45) is 5.73 Å². The van der Waals surface area contributed by atoms with E-state index >= 15 is 0 Å². The first-order valence-electron chi connectivity index (χ1n) is 7.40. The Bertz CT molecular complexity index is 524. The van der Waals surface area contributed by atoms with E-state index in [1.54, 1.807) is 0 Å². The van der Waals surface area contributed by atoms with Crippen LogP contribution in [0.25, 0.3) is 0 Å². The molecule has 2 heteroatoms. The third-order valence-electron chi connectivity index (χ3n) is 4.23. The molecular formula is C18H22N2. The highest BCUT2D eigenvalue weighted by Crippen LogP contribution is 2.26. The van der Waals surface area contributed by atoms with Crippen molar-refractivity contribution in [1.29, 1.82) is 0 Å². The average Bonchev–Trinajstić information content (AvgIpc) is 2.88. The Morgan fingerprint density at radius 1 is 0.900 bits per heavy atom. The van der Waals surface area contributed by atoms with Gasteiger partial charge in [-0.15, -0.1) is 0 Å². The zero-order chi connectivity index (χ0) is 13.8. The zero-order valence-electron chi connectivity index (χ0n) is 11.8. The molecule has 1 aliphatic heterocycles. The van der Waals surface area contributed by atoms with E-state index in [-0.39, 0.29) is 6.04 Å². The Balaban J connectivity index is 1.58. The van der Waals surface area contributed by atoms with Crippen molar-refractivity contribution in [2.45, 2.75) is 18.4 Å². The van der Waals surface area contributed by atoms with Crippen LogP contribution >= 0.6 is 0 Å². The molecule has 0 aromatic heterocycles. The quantitative estimate of drug-likeness (QED) is 0.922. The molecule has 1 aliphatic rings. The predicted molar refractivity (Wildman–Crippen MR) is 83.7 cm³/mol. The second-order valence-electron chi connectivity index (χ2n) is 5.68. The van der Waals surface area contributed by atoms with Crippen LogP contribution in [0.2, 0.25) is 0 Å². The maximum absolute atomic E-state index is 6.33. The molecule has 0 bridgehead atoms. The highest BCUT2D eigenvalue weighted by Gasteiger charge is 2.30. The van der Waals surface area contributed by atoms with Crippen LogP contribution in [-0.4, -0.2) is 30.6 Å². The first-order chi connectivity index (χ1) is 9.83. The fraction of sp³-hybridized carbons (Fsp3) is 0.333. The van der Waals surface area contributed by atoms with Gasteiger partial charge in [0.15, 0.2) is 0 Å². The number of nitrogens with two attached hydrogens (primary N) is 1. The molecule has 0 radical (unpaired) electrons. The highest BCUT2D eigenvalue weighted by molar-refractivity contribution is 5.23. The van der Waals surface area contributed by atoms with Gasteiger partial charge in [0.2, 0.25) is 0 Å². The van der Waals surface area contributed by atoms with E-state index in [1.165, 1.54) is 11.1 Å². The number of likely N-dealkylation sites (tertiary alicyclic amines) is 1. The first kappa shape index (κ1) is 13.3. The van der Waals surface area contributed by atoms with Gasteiger partial charge in [0, 0.05) is 31.6 Å². The molecule has 2 aromatic rings. The summed E-state index contributed by atoms with van der Waals surface area (Å²) in [5.74, 6) is 0.479. The number of nitrogens with zero attached hydrogens (tertiary/aromatic N) is 1. The summed E-state index contributed by atoms with van der Waals surface area (Å²) < 4.78 is 0. The third kappa shape index (κ3) is 3.09. The lowest BCUT2D eigenvalue weighted by atomic mass is 9.95. The lowest BCUT2D eigenvalue weighted by Gasteiger charge is -2.16. The largest absolute Gasteiger partial charge is 0.326 e. The molecule has 104 valence electrons. The van der Waals surface area contributed by atoms with Gasteiger partial charge in [-0.05, 0) is 17.5 Å². The standard InChI is InChI=1S/C18H22N2/c19-18-14-20(12-11-15-7-3-1-4-8-15)13-17(18)16-9-5-2-6-10-16/h1-10,17-18H,11-14,19H2. The molecule has 1 fully saturated rings. The number of benzene rings is 2. The molecule has 20 heavy (non-hydrogen) atoms. The summed E-state index contributed by atoms with van der Waals surface area (Å²) in [6, 6.07) is 21.6. The van der Waals surface area contributed by atoms with E-state index in [0.717, 1.165) is 26.1 Å². The van der Waals surface area contributed by atoms with E-state index in [2.05, 4.69) is 65.6 Å². The average molecular weight is 266 g/mol. The normalized spacial score (nSPS) is 23.1. The fourth-order valence-electron chi connectivity index (χ4n) is 3.08. The Kier molecular flexibility index (Phi) is 4.14. The van der Waals surface area contributed by atoms with E-state index in [0.29, 0.717) is 5.92 Å². The zero-order valence-corrected chi connectivity index (χ0v) is 11.8. The van der Waals surface area contributed by atoms with Crippen molar-refractivity contribution >= 4 is 0 Å². The van der Waals surface area contributed by atoms with Gasteiger partial charge in [-0.2, -0.15) is 0 Å². The second-order valence-corrected chi connectivity index (χ2v) is 5.68. The number of hydrogen-bond acceptors (Lipinski definition) is 2. The van der Waals surface area contributed by atoms with E-state index in [1.807, 2.05) is 0 Å². The van der Waals surface area contributed by atoms with Crippen molar-refractivity contribution in [3.05, 3.63) is 71.8 Å². The molecule has 2 nitrogen and oxygen atoms in total. The summed E-state index contributed by atoms with van der Waals surface area (Å²) in [7, 11) is 0. The van der Waals surface area contributed by atoms with Gasteiger partial charge in [-0.25, -0.2) is 0 Å². The summed E-state index contributed by atoms with van der Waals surface area (Å²) in [6.45, 7) is 3.19. The van der Waals surface area contributed by atoms with Gasteiger partial charge >= 0.3 is 0 Å². The minimum Gasteiger partial charge on any atom is -0.326 e. The van der Waals surface area contributed by atoms with Gasteiger partial charge in [-0.3, -0.25) is 0 Å². The summed E-state index contributed by atoms with van der Waals surface area (Å²) in [5.41, 5.74) is 9.11. The van der Waals surface area contributed by atoms with Crippen LogP contribution in [0.3, 0.4) is 0 Å². The van der Waals surface area contributed by atoms with Crippen LogP contribution < -0.4 is 5.73 Å². The lowest BCUT2D eigenvalue weighted by Crippen LogP contribution is -2.29. The lowest BCUT2D eigenvalue weighted by molar-refractivity contribution is 0.336. The van der Waals surface area contributed by atoms with Gasteiger partial charge in [-0.1, -0.05) is 60.7 Å². The molecular weight excluding hydrogens is 244 g/mol. The SMILES string of the molecule is NC1CN(CCc2ccccc2)CC1c1ccccc1. The topological polar surface area (TPSA) is 29.3 Å². The third-order valence-corrected chi connectivity index (χ3v) is 4.23. The molecule has 2 unspecified atom stereocenters. The summed E-state index contributed by atoms with van der Waals surface area (Å²) in [6.07, 6.45) is 1.11. The molecule has 2 aromatic carbocycles. The van der Waals surface area contributed by atoms with Gasteiger partial charge in [0.05, 0.1) is 0 Å². The molecule has 1 saturated heterocycles. The fourth-order valence-corrected chi connectivity index (χ4v) is 3.08. The molecule has 0 amide bonds. The minimum absolute atomic E-state index is 0.258. The Morgan fingerprint density at radius 2 is 1.55 bits per heavy atom. The highest BCUT2D eigenvalue weighted by atomic mass is 15.2. The van der Waals surface area contributed by atoms with Gasteiger partial charge in [0.25, 0.3) is 0 Å². The van der Waals surface area contributed by atoms with Crippen LogP contribution in [0.4, 0.5) is 0 Å². The smallest absolute Gasteiger partial charge is 0.0249 e. The van der Waals surface area contributed by atoms with Crippen LogP contribution in [0, 0.1) is 0 Å². The second kappa shape index (κ2) is 6.21. The molecule has 2 N–H and O–H groups in total. The molecule has 0 saturated carbocycles. The summed E-state index contributed by atoms with van der Waals surface area (Å²) in [4.78, 5) is 2.50. The van der Waals surface area contributed by atoms with Gasteiger partial charge in [0.1, 0.15) is 0 Å². The van der Waals surface area contributed by atoms with Crippen LogP contribution in [0.15, 0.2) is 60.7 Å². The molecule has 2 atom stereocenters. The van der Waals surface area contributed by atoms with Crippen molar-refractivity contribution in [2.75, 3.05) is 19.6 Å². The number of hydrogen-bond donors (Lipinski definition) is 1. The van der Waals surface area contributed by atoms with E-state index < -0.39 is 0 Å². The number of rotatable bonds is 4. The van der Waals surface area contributed by atoms with Crippen molar-refractivity contribution in [1.82, 2.24) is 4.90 Å². The molecule has 1 heterocycles. The Hall–Kier alpha value is -1.64. The maximum atomic E-state index is 6.33. The summed E-state index contributed by atoms with van der Waals surface area (Å²) >= 11 is 0. The monoisotopic (exact) mass is 266 g/mol. The first-order valence-corrected chi connectivity index (χ1v) is 7.40. The minimum atomic E-state index is 0.258. The predicted octanol–water partition coefficient (Wildman–Crippen LogP) is 2.66. The van der Waals surface area contributed by atoms with Crippen LogP contribution in [-0.2, 0) is 6.42 Å². The van der Waals surface area contributed by atoms with Crippen molar-refractivity contribution in [3.8, 4) is 0 Å². The maximum Gasteiger partial charge on any atom is 0.0249 e. The van der Waals surface area contributed by atoms with E-state index in [9.17, 15) is 0 Å². The molecule has 3 rings (SSSR count). The van der Waals surface area contributed by atoms with E-state index in [4.69, 9.17) is 5.73 Å². The van der Waals surface area contributed by atoms with Crippen molar-refractivity contribution in [3.63, 3.8) is 0 Å². The van der Waals surface area contributed by atoms with Crippen molar-refractivity contribution < 1.29 is 0 Å². The Morgan fingerprint density at radius 3 is 2.25 bits per heavy atom. The Labute approximate surface area is 121 Å². The van der Waals surface area contributed by atoms with Gasteiger partial charge < -0.3 is 10.6 Å². The molecule has 0 spiro atoms. The summed E-state index contributed by atoms with van der Waals surface area (Å²) in [5, 5.41) is 0. The van der Waals surface area contributed by atoms with Crippen LogP contribution in [0.1, 0.15) is 17.0 Å².